The largest absolute Gasteiger partial charge is 0.459 e. The molecule has 0 aromatic carbocycles. The molecule has 0 aromatic rings. The van der Waals surface area contributed by atoms with Crippen LogP contribution in [-0.2, 0) is 47.5 Å². The van der Waals surface area contributed by atoms with E-state index in [1.54, 1.807) is 0 Å². The van der Waals surface area contributed by atoms with Gasteiger partial charge in [0, 0.05) is 38.7 Å². The Labute approximate surface area is 322 Å². The first-order valence-corrected chi connectivity index (χ1v) is 20.7. The van der Waals surface area contributed by atoms with Crippen molar-refractivity contribution in [3.8, 4) is 0 Å². The fraction of sp³-hybridized carbons (Fsp3) is 0.854. The number of esters is 1. The number of ketones is 1. The molecular weight excluding hydrogens is 716 g/mol. The molecule has 8 saturated heterocycles. The van der Waals surface area contributed by atoms with Crippen molar-refractivity contribution in [2.45, 2.75) is 207 Å². The van der Waals surface area contributed by atoms with Crippen molar-refractivity contribution in [2.24, 2.45) is 5.92 Å². The van der Waals surface area contributed by atoms with E-state index in [0.29, 0.717) is 44.9 Å². The van der Waals surface area contributed by atoms with E-state index >= 15 is 0 Å². The quantitative estimate of drug-likeness (QED) is 0.236. The fourth-order valence-corrected chi connectivity index (χ4v) is 10.4. The molecular formula is C41H60O14. The summed E-state index contributed by atoms with van der Waals surface area (Å²) >= 11 is 0. The predicted octanol–water partition coefficient (Wildman–Crippen LogP) is 2.14. The van der Waals surface area contributed by atoms with E-state index < -0.39 is 91.4 Å². The molecule has 6 unspecified atom stereocenters. The SMILES string of the molecule is C=C1CC2CCC(=O)CC3O[C@H]4[C@@H](O)[C@H]5OC(CC[C@@H]5O[C@H]4[C@H]3O)CC(=O)O[C@@H]3C[C@@H]4O[C@H](CCO)C(O)C[C@@H]4OC3C[C@H]3O[C@@H](CCC1O2)C[C@@H](C)C3=C. The Morgan fingerprint density at radius 3 is 2.15 bits per heavy atom. The molecule has 14 heteroatoms. The number of carbonyl (C=O) groups is 2. The first-order valence-electron chi connectivity index (χ1n) is 20.7. The molecule has 8 aliphatic heterocycles. The van der Waals surface area contributed by atoms with Gasteiger partial charge in [0.1, 0.15) is 42.4 Å². The number of carbonyl (C=O) groups excluding carboxylic acids is 2. The second-order valence-electron chi connectivity index (χ2n) is 17.4. The molecule has 0 amide bonds. The maximum absolute atomic E-state index is 13.7. The number of rotatable bonds is 2. The van der Waals surface area contributed by atoms with Crippen LogP contribution in [0.4, 0.5) is 0 Å². The molecule has 4 N–H and O–H groups in total. The molecule has 0 aromatic heterocycles. The second-order valence-corrected chi connectivity index (χ2v) is 17.4. The molecule has 308 valence electrons. The third kappa shape index (κ3) is 8.52. The predicted molar refractivity (Wildman–Crippen MR) is 193 cm³/mol. The van der Waals surface area contributed by atoms with Gasteiger partial charge in [0.25, 0.3) is 0 Å². The Kier molecular flexibility index (Phi) is 12.2. The zero-order chi connectivity index (χ0) is 38.5. The average Bonchev–Trinajstić information content (AvgIpc) is 3.66. The molecule has 19 atom stereocenters. The molecule has 8 fully saturated rings. The molecule has 0 spiro atoms. The standard InChI is InChI=1S/C41H60O14/c1-19-12-24-6-8-27-20(2)13-23(48-27)5-4-22(43)14-35-37(46)40-41(55-35)38(47)39-29(54-40)9-7-25(50-39)15-36(45)53-34-18-33-31(16-26(44)28(51-33)10-11-42)52-32(34)17-30(49-24)21(19)3/h19,23-35,37-42,44,46-47H,2-18H2,1H3/t19-,23?,24+,25?,26?,27?,28-,29+,30-,31+,32?,33+,34-,35?,37+,38+,39+,40+,41+/m1/s1. The summed E-state index contributed by atoms with van der Waals surface area (Å²) in [6.45, 7) is 10.7. The van der Waals surface area contributed by atoms with Crippen LogP contribution >= 0.6 is 0 Å². The highest BCUT2D eigenvalue weighted by atomic mass is 16.6. The number of hydrogen-bond donors (Lipinski definition) is 4. The van der Waals surface area contributed by atoms with Gasteiger partial charge >= 0.3 is 5.97 Å². The van der Waals surface area contributed by atoms with E-state index in [-0.39, 0.29) is 68.4 Å². The Morgan fingerprint density at radius 1 is 0.618 bits per heavy atom. The summed E-state index contributed by atoms with van der Waals surface area (Å²) in [5.41, 5.74) is 1.97. The zero-order valence-electron chi connectivity index (χ0n) is 31.9. The molecule has 8 heterocycles. The first kappa shape index (κ1) is 40.0. The van der Waals surface area contributed by atoms with E-state index in [9.17, 15) is 30.0 Å². The van der Waals surface area contributed by atoms with E-state index in [1.165, 1.54) is 0 Å². The summed E-state index contributed by atoms with van der Waals surface area (Å²) < 4.78 is 50.9. The maximum Gasteiger partial charge on any atom is 0.308 e. The van der Waals surface area contributed by atoms with Crippen molar-refractivity contribution in [1.29, 1.82) is 0 Å². The van der Waals surface area contributed by atoms with Crippen molar-refractivity contribution >= 4 is 11.8 Å². The van der Waals surface area contributed by atoms with Crippen molar-refractivity contribution in [3.63, 3.8) is 0 Å². The van der Waals surface area contributed by atoms with Gasteiger partial charge in [-0.2, -0.15) is 0 Å². The van der Waals surface area contributed by atoms with Crippen molar-refractivity contribution in [2.75, 3.05) is 6.61 Å². The lowest BCUT2D eigenvalue weighted by Crippen LogP contribution is -2.61. The van der Waals surface area contributed by atoms with Gasteiger partial charge < -0.3 is 58.3 Å². The Morgan fingerprint density at radius 2 is 1.33 bits per heavy atom. The molecule has 0 radical (unpaired) electrons. The Bertz CT molecular complexity index is 1420. The van der Waals surface area contributed by atoms with Gasteiger partial charge in [-0.25, -0.2) is 0 Å². The lowest BCUT2D eigenvalue weighted by atomic mass is 9.83. The highest BCUT2D eigenvalue weighted by Gasteiger charge is 2.57. The zero-order valence-corrected chi connectivity index (χ0v) is 31.9. The summed E-state index contributed by atoms with van der Waals surface area (Å²) in [6, 6.07) is 0. The highest BCUT2D eigenvalue weighted by molar-refractivity contribution is 5.79. The van der Waals surface area contributed by atoms with E-state index in [4.69, 9.17) is 37.9 Å². The minimum Gasteiger partial charge on any atom is -0.459 e. The third-order valence-corrected chi connectivity index (χ3v) is 13.5. The van der Waals surface area contributed by atoms with E-state index in [2.05, 4.69) is 20.1 Å². The molecule has 8 bridgehead atoms. The lowest BCUT2D eigenvalue weighted by Gasteiger charge is -2.48. The smallest absolute Gasteiger partial charge is 0.308 e. The number of aliphatic hydroxyl groups is 4. The number of aliphatic hydroxyl groups excluding tert-OH is 4. The molecule has 8 rings (SSSR count). The first-order chi connectivity index (χ1) is 26.4. The van der Waals surface area contributed by atoms with Crippen LogP contribution in [0, 0.1) is 5.92 Å². The third-order valence-electron chi connectivity index (χ3n) is 13.5. The van der Waals surface area contributed by atoms with Crippen molar-refractivity contribution in [1.82, 2.24) is 0 Å². The Hall–Kier alpha value is -1.82. The number of Topliss-reactive ketones (excluding diaryl/α,β-unsaturated/α-hetero) is 1. The minimum atomic E-state index is -1.13. The Balaban J connectivity index is 1.02. The van der Waals surface area contributed by atoms with Crippen LogP contribution in [-0.4, -0.2) is 149 Å². The van der Waals surface area contributed by atoms with Crippen molar-refractivity contribution in [3.05, 3.63) is 24.3 Å². The van der Waals surface area contributed by atoms with Crippen LogP contribution in [0.25, 0.3) is 0 Å². The normalized spacial score (nSPS) is 49.8. The number of hydrogen-bond acceptors (Lipinski definition) is 14. The summed E-state index contributed by atoms with van der Waals surface area (Å²) in [4.78, 5) is 26.9. The van der Waals surface area contributed by atoms with Crippen molar-refractivity contribution < 1.29 is 67.9 Å². The number of fused-ring (bicyclic) bond motifs is 8. The summed E-state index contributed by atoms with van der Waals surface area (Å²) in [5.74, 6) is -0.345. The number of ether oxygens (including phenoxy) is 8. The van der Waals surface area contributed by atoms with Crippen LogP contribution in [0.15, 0.2) is 24.3 Å². The summed E-state index contributed by atoms with van der Waals surface area (Å²) in [5, 5.41) is 43.0. The monoisotopic (exact) mass is 776 g/mol. The molecule has 14 nitrogen and oxygen atoms in total. The fourth-order valence-electron chi connectivity index (χ4n) is 10.4. The topological polar surface area (TPSA) is 189 Å². The highest BCUT2D eigenvalue weighted by Crippen LogP contribution is 2.42. The van der Waals surface area contributed by atoms with Crippen LogP contribution in [0.2, 0.25) is 0 Å². The average molecular weight is 777 g/mol. The van der Waals surface area contributed by atoms with Gasteiger partial charge in [0.05, 0.1) is 79.7 Å². The van der Waals surface area contributed by atoms with Gasteiger partial charge in [-0.3, -0.25) is 9.59 Å². The molecule has 55 heavy (non-hydrogen) atoms. The maximum atomic E-state index is 13.7. The lowest BCUT2D eigenvalue weighted by molar-refractivity contribution is -0.263. The molecule has 8 aliphatic rings. The van der Waals surface area contributed by atoms with Crippen LogP contribution in [0.5, 0.6) is 0 Å². The van der Waals surface area contributed by atoms with Gasteiger partial charge in [-0.05, 0) is 68.4 Å². The summed E-state index contributed by atoms with van der Waals surface area (Å²) in [6.07, 6.45) is -4.60. The minimum absolute atomic E-state index is 0.00312. The molecule has 0 saturated carbocycles. The van der Waals surface area contributed by atoms with E-state index in [0.717, 1.165) is 30.4 Å². The van der Waals surface area contributed by atoms with Crippen LogP contribution in [0.3, 0.4) is 0 Å². The van der Waals surface area contributed by atoms with Gasteiger partial charge in [-0.1, -0.05) is 20.1 Å². The van der Waals surface area contributed by atoms with E-state index in [1.807, 2.05) is 0 Å². The molecule has 0 aliphatic carbocycles. The van der Waals surface area contributed by atoms with Crippen LogP contribution in [0.1, 0.15) is 96.8 Å². The van der Waals surface area contributed by atoms with Gasteiger partial charge in [0.15, 0.2) is 0 Å². The summed E-state index contributed by atoms with van der Waals surface area (Å²) in [7, 11) is 0. The second kappa shape index (κ2) is 16.8. The van der Waals surface area contributed by atoms with Crippen LogP contribution < -0.4 is 0 Å². The van der Waals surface area contributed by atoms with Gasteiger partial charge in [0.2, 0.25) is 0 Å². The van der Waals surface area contributed by atoms with Gasteiger partial charge in [-0.15, -0.1) is 0 Å².